The van der Waals surface area contributed by atoms with Crippen LogP contribution in [-0.4, -0.2) is 48.9 Å². The number of carbonyl (C=O) groups is 2. The van der Waals surface area contributed by atoms with Gasteiger partial charge in [0.25, 0.3) is 5.91 Å². The summed E-state index contributed by atoms with van der Waals surface area (Å²) in [5.74, 6) is -0.257. The second-order valence-electron chi connectivity index (χ2n) is 7.46. The van der Waals surface area contributed by atoms with Crippen LogP contribution in [0.3, 0.4) is 0 Å². The predicted molar refractivity (Wildman–Crippen MR) is 121 cm³/mol. The number of nitrogens with two attached hydrogens (primary N) is 1. The molecule has 0 bridgehead atoms. The molecule has 0 aliphatic carbocycles. The highest BCUT2D eigenvalue weighted by molar-refractivity contribution is 7.09. The third-order valence-corrected chi connectivity index (χ3v) is 7.07. The normalized spacial score (nSPS) is 14.0. The van der Waals surface area contributed by atoms with Crippen LogP contribution in [0.4, 0.5) is 0 Å². The predicted octanol–water partition coefficient (Wildman–Crippen LogP) is 3.58. The number of rotatable bonds is 8. The highest BCUT2D eigenvalue weighted by Gasteiger charge is 2.21. The van der Waals surface area contributed by atoms with Crippen molar-refractivity contribution in [3.05, 3.63) is 44.3 Å². The summed E-state index contributed by atoms with van der Waals surface area (Å²) in [4.78, 5) is 34.4. The minimum Gasteiger partial charge on any atom is -0.366 e. The number of hydrogen-bond donors (Lipinski definition) is 1. The average Bonchev–Trinajstić information content (AvgIpc) is 3.49. The molecule has 1 aliphatic rings. The summed E-state index contributed by atoms with van der Waals surface area (Å²) in [5.41, 5.74) is 8.45. The van der Waals surface area contributed by atoms with Gasteiger partial charge in [0.05, 0.1) is 29.8 Å². The standard InChI is InChI=1S/C20H22Cl2N6O2S/c1-12-13(20(23)30)8-15(28(12)7-3-6-26-5-2-4-17(26)29)14-10-31-16(25-14)9-27-11-24-18(21)19(27)22/h8,10-11H,2-7,9H2,1H3,(H2,23,30). The van der Waals surface area contributed by atoms with Crippen LogP contribution in [0.5, 0.6) is 0 Å². The summed E-state index contributed by atoms with van der Waals surface area (Å²) < 4.78 is 3.78. The third kappa shape index (κ3) is 4.49. The van der Waals surface area contributed by atoms with E-state index in [1.54, 1.807) is 17.0 Å². The van der Waals surface area contributed by atoms with Gasteiger partial charge in [0.1, 0.15) is 10.2 Å². The highest BCUT2D eigenvalue weighted by Crippen LogP contribution is 2.29. The number of hydrogen-bond acceptors (Lipinski definition) is 5. The van der Waals surface area contributed by atoms with Gasteiger partial charge >= 0.3 is 0 Å². The lowest BCUT2D eigenvalue weighted by Gasteiger charge is -2.17. The summed E-state index contributed by atoms with van der Waals surface area (Å²) in [6.07, 6.45) is 3.91. The van der Waals surface area contributed by atoms with E-state index in [0.29, 0.717) is 36.8 Å². The van der Waals surface area contributed by atoms with E-state index in [9.17, 15) is 9.59 Å². The molecule has 4 heterocycles. The summed E-state index contributed by atoms with van der Waals surface area (Å²) in [6, 6.07) is 1.79. The van der Waals surface area contributed by atoms with Gasteiger partial charge in [0, 0.05) is 37.1 Å². The third-order valence-electron chi connectivity index (χ3n) is 5.47. The van der Waals surface area contributed by atoms with E-state index in [1.165, 1.54) is 11.3 Å². The van der Waals surface area contributed by atoms with Crippen molar-refractivity contribution < 1.29 is 9.59 Å². The van der Waals surface area contributed by atoms with Gasteiger partial charge in [0.2, 0.25) is 5.91 Å². The van der Waals surface area contributed by atoms with E-state index >= 15 is 0 Å². The Balaban J connectivity index is 1.56. The Hall–Kier alpha value is -2.36. The van der Waals surface area contributed by atoms with Gasteiger partial charge in [-0.25, -0.2) is 9.97 Å². The van der Waals surface area contributed by atoms with Gasteiger partial charge in [-0.3, -0.25) is 9.59 Å². The van der Waals surface area contributed by atoms with Gasteiger partial charge in [0.15, 0.2) is 5.15 Å². The lowest BCUT2D eigenvalue weighted by molar-refractivity contribution is -0.127. The van der Waals surface area contributed by atoms with Crippen LogP contribution in [0.25, 0.3) is 11.4 Å². The fourth-order valence-corrected chi connectivity index (χ4v) is 4.95. The smallest absolute Gasteiger partial charge is 0.250 e. The van der Waals surface area contributed by atoms with Gasteiger partial charge in [-0.05, 0) is 25.8 Å². The molecule has 31 heavy (non-hydrogen) atoms. The molecule has 1 aliphatic heterocycles. The second-order valence-corrected chi connectivity index (χ2v) is 9.12. The van der Waals surface area contributed by atoms with E-state index < -0.39 is 5.91 Å². The zero-order valence-corrected chi connectivity index (χ0v) is 19.3. The first-order chi connectivity index (χ1) is 14.8. The molecule has 0 saturated carbocycles. The van der Waals surface area contributed by atoms with E-state index in [4.69, 9.17) is 33.9 Å². The number of carbonyl (C=O) groups excluding carboxylic acids is 2. The first-order valence-corrected chi connectivity index (χ1v) is 11.6. The first-order valence-electron chi connectivity index (χ1n) is 9.93. The first kappa shape index (κ1) is 21.9. The van der Waals surface area contributed by atoms with Crippen LogP contribution in [0.1, 0.15) is 40.3 Å². The molecule has 1 saturated heterocycles. The molecular weight excluding hydrogens is 459 g/mol. The van der Waals surface area contributed by atoms with Crippen LogP contribution in [0, 0.1) is 6.92 Å². The molecule has 2 amide bonds. The summed E-state index contributed by atoms with van der Waals surface area (Å²) >= 11 is 13.6. The fraction of sp³-hybridized carbons (Fsp3) is 0.400. The summed E-state index contributed by atoms with van der Waals surface area (Å²) in [5, 5.41) is 3.40. The number of aromatic nitrogens is 4. The molecule has 3 aromatic rings. The van der Waals surface area contributed by atoms with E-state index in [1.807, 2.05) is 17.2 Å². The molecule has 0 unspecified atom stereocenters. The Morgan fingerprint density at radius 3 is 2.77 bits per heavy atom. The molecule has 1 fully saturated rings. The molecule has 0 atom stereocenters. The largest absolute Gasteiger partial charge is 0.366 e. The van der Waals surface area contributed by atoms with Gasteiger partial charge < -0.3 is 19.8 Å². The minimum absolute atomic E-state index is 0.213. The Morgan fingerprint density at radius 1 is 1.32 bits per heavy atom. The van der Waals surface area contributed by atoms with Crippen LogP contribution in [-0.2, 0) is 17.9 Å². The van der Waals surface area contributed by atoms with E-state index in [0.717, 1.165) is 41.5 Å². The highest BCUT2D eigenvalue weighted by atomic mass is 35.5. The van der Waals surface area contributed by atoms with Crippen molar-refractivity contribution >= 4 is 46.4 Å². The maximum Gasteiger partial charge on any atom is 0.250 e. The number of amides is 2. The number of thiazole rings is 1. The average molecular weight is 481 g/mol. The fourth-order valence-electron chi connectivity index (χ4n) is 3.86. The Labute approximate surface area is 193 Å². The molecule has 0 radical (unpaired) electrons. The summed E-state index contributed by atoms with van der Waals surface area (Å²) in [7, 11) is 0. The number of likely N-dealkylation sites (tertiary alicyclic amines) is 1. The topological polar surface area (TPSA) is 99.0 Å². The monoisotopic (exact) mass is 480 g/mol. The molecule has 4 rings (SSSR count). The van der Waals surface area contributed by atoms with Gasteiger partial charge in [-0.1, -0.05) is 23.2 Å². The minimum atomic E-state index is -0.470. The zero-order chi connectivity index (χ0) is 22.1. The lowest BCUT2D eigenvalue weighted by Crippen LogP contribution is -2.26. The Kier molecular flexibility index (Phi) is 6.36. The van der Waals surface area contributed by atoms with Crippen molar-refractivity contribution in [2.45, 2.75) is 39.3 Å². The molecule has 8 nitrogen and oxygen atoms in total. The number of primary amides is 1. The van der Waals surface area contributed by atoms with E-state index in [-0.39, 0.29) is 11.1 Å². The maximum absolute atomic E-state index is 11.9. The molecule has 0 spiro atoms. The Morgan fingerprint density at radius 2 is 2.13 bits per heavy atom. The van der Waals surface area contributed by atoms with Crippen molar-refractivity contribution in [1.29, 1.82) is 0 Å². The van der Waals surface area contributed by atoms with Crippen LogP contribution in [0.15, 0.2) is 17.8 Å². The number of halogens is 2. The van der Waals surface area contributed by atoms with Crippen molar-refractivity contribution in [3.63, 3.8) is 0 Å². The Bertz CT molecular complexity index is 1140. The quantitative estimate of drug-likeness (QED) is 0.532. The molecule has 3 aromatic heterocycles. The SMILES string of the molecule is Cc1c(C(N)=O)cc(-c2csc(Cn3cnc(Cl)c3Cl)n2)n1CCCN1CCCC1=O. The number of imidazole rings is 1. The van der Waals surface area contributed by atoms with Gasteiger partial charge in [-0.15, -0.1) is 11.3 Å². The number of nitrogens with zero attached hydrogens (tertiary/aromatic N) is 5. The van der Waals surface area contributed by atoms with Crippen LogP contribution >= 0.6 is 34.5 Å². The molecule has 0 aromatic carbocycles. The maximum atomic E-state index is 11.9. The second kappa shape index (κ2) is 9.02. The van der Waals surface area contributed by atoms with Crippen molar-refractivity contribution in [3.8, 4) is 11.4 Å². The van der Waals surface area contributed by atoms with Crippen LogP contribution in [0.2, 0.25) is 10.3 Å². The molecule has 2 N–H and O–H groups in total. The molecule has 164 valence electrons. The zero-order valence-electron chi connectivity index (χ0n) is 17.0. The van der Waals surface area contributed by atoms with Crippen molar-refractivity contribution in [2.24, 2.45) is 5.73 Å². The molecule has 11 heteroatoms. The lowest BCUT2D eigenvalue weighted by atomic mass is 10.2. The van der Waals surface area contributed by atoms with Crippen molar-refractivity contribution in [1.82, 2.24) is 24.0 Å². The van der Waals surface area contributed by atoms with Crippen molar-refractivity contribution in [2.75, 3.05) is 13.1 Å². The molecular formula is C20H22Cl2N6O2S. The van der Waals surface area contributed by atoms with E-state index in [2.05, 4.69) is 9.55 Å². The van der Waals surface area contributed by atoms with Gasteiger partial charge in [-0.2, -0.15) is 0 Å². The summed E-state index contributed by atoms with van der Waals surface area (Å²) in [6.45, 7) is 4.50. The van der Waals surface area contributed by atoms with Crippen LogP contribution < -0.4 is 5.73 Å².